The highest BCUT2D eigenvalue weighted by Gasteiger charge is 2.36. The molecule has 1 aliphatic heterocycles. The van der Waals surface area contributed by atoms with Gasteiger partial charge in [-0.2, -0.15) is 0 Å². The second-order valence-electron chi connectivity index (χ2n) is 5.77. The third kappa shape index (κ3) is 3.11. The van der Waals surface area contributed by atoms with Gasteiger partial charge in [-0.05, 0) is 36.2 Å². The summed E-state index contributed by atoms with van der Waals surface area (Å²) in [5.41, 5.74) is 8.12. The molecular weight excluding hydrogens is 304 g/mol. The fourth-order valence-corrected chi connectivity index (χ4v) is 3.05. The van der Waals surface area contributed by atoms with E-state index in [1.165, 1.54) is 4.90 Å². The van der Waals surface area contributed by atoms with Crippen LogP contribution in [0.3, 0.4) is 0 Å². The minimum atomic E-state index is -0.613. The van der Waals surface area contributed by atoms with Crippen molar-refractivity contribution >= 4 is 17.5 Å². The van der Waals surface area contributed by atoms with Crippen LogP contribution in [0.1, 0.15) is 18.1 Å². The number of nitrogens with two attached hydrogens (primary N) is 1. The van der Waals surface area contributed by atoms with Gasteiger partial charge in [0.25, 0.3) is 0 Å². The number of benzene rings is 2. The summed E-state index contributed by atoms with van der Waals surface area (Å²) in [7, 11) is 0. The normalized spacial score (nSPS) is 15.9. The second kappa shape index (κ2) is 6.74. The molecule has 0 bridgehead atoms. The zero-order chi connectivity index (χ0) is 17.1. The Morgan fingerprint density at radius 1 is 1.17 bits per heavy atom. The van der Waals surface area contributed by atoms with Crippen LogP contribution in [0.25, 0.3) is 0 Å². The van der Waals surface area contributed by atoms with Crippen molar-refractivity contribution in [3.8, 4) is 5.75 Å². The van der Waals surface area contributed by atoms with Gasteiger partial charge in [-0.1, -0.05) is 30.3 Å². The monoisotopic (exact) mass is 324 g/mol. The Hall–Kier alpha value is -2.82. The summed E-state index contributed by atoms with van der Waals surface area (Å²) in [5.74, 6) is 0.161. The lowest BCUT2D eigenvalue weighted by Gasteiger charge is -2.23. The zero-order valence-electron chi connectivity index (χ0n) is 13.6. The standard InChI is InChI=1S/C19H20N2O3/c1-2-24-15-9-7-13(8-10-15)11-18(22)21-16-6-4-3-5-14(16)12-17(21)19(20)23/h3-10,17H,2,11-12H2,1H3,(H2,20,23)/t17-/m1/s1. The molecule has 0 unspecified atom stereocenters. The first-order chi connectivity index (χ1) is 11.6. The molecule has 2 N–H and O–H groups in total. The molecule has 124 valence electrons. The van der Waals surface area contributed by atoms with Gasteiger partial charge in [-0.25, -0.2) is 0 Å². The van der Waals surface area contributed by atoms with Crippen LogP contribution in [-0.2, 0) is 22.4 Å². The average Bonchev–Trinajstić information content (AvgIpc) is 2.97. The maximum Gasteiger partial charge on any atom is 0.240 e. The molecule has 1 atom stereocenters. The SMILES string of the molecule is CCOc1ccc(CC(=O)N2c3ccccc3C[C@@H]2C(N)=O)cc1. The number of ether oxygens (including phenoxy) is 1. The Balaban J connectivity index is 1.81. The molecule has 0 radical (unpaired) electrons. The first kappa shape index (κ1) is 16.1. The molecule has 0 aromatic heterocycles. The number of hydrogen-bond acceptors (Lipinski definition) is 3. The van der Waals surface area contributed by atoms with Crippen LogP contribution in [0.2, 0.25) is 0 Å². The third-order valence-corrected chi connectivity index (χ3v) is 4.16. The highest BCUT2D eigenvalue weighted by molar-refractivity contribution is 6.03. The van der Waals surface area contributed by atoms with Gasteiger partial charge in [-0.3, -0.25) is 14.5 Å². The van der Waals surface area contributed by atoms with E-state index in [4.69, 9.17) is 10.5 Å². The molecule has 0 aliphatic carbocycles. The number of carbonyl (C=O) groups excluding carboxylic acids is 2. The summed E-state index contributed by atoms with van der Waals surface area (Å²) in [4.78, 5) is 26.1. The molecule has 5 heteroatoms. The van der Waals surface area contributed by atoms with Gasteiger partial charge in [0.05, 0.1) is 13.0 Å². The van der Waals surface area contributed by atoms with Crippen molar-refractivity contribution in [1.29, 1.82) is 0 Å². The van der Waals surface area contributed by atoms with E-state index in [1.54, 1.807) is 0 Å². The maximum absolute atomic E-state index is 12.8. The van der Waals surface area contributed by atoms with Crippen LogP contribution in [0, 0.1) is 0 Å². The molecule has 3 rings (SSSR count). The predicted octanol–water partition coefficient (Wildman–Crippen LogP) is 2.07. The van der Waals surface area contributed by atoms with E-state index in [0.717, 1.165) is 22.6 Å². The zero-order valence-corrected chi connectivity index (χ0v) is 13.6. The average molecular weight is 324 g/mol. The number of nitrogens with zero attached hydrogens (tertiary/aromatic N) is 1. The van der Waals surface area contributed by atoms with Crippen molar-refractivity contribution in [3.63, 3.8) is 0 Å². The van der Waals surface area contributed by atoms with Crippen LogP contribution < -0.4 is 15.4 Å². The van der Waals surface area contributed by atoms with E-state index in [-0.39, 0.29) is 12.3 Å². The van der Waals surface area contributed by atoms with Crippen molar-refractivity contribution in [2.24, 2.45) is 5.73 Å². The molecule has 0 saturated carbocycles. The molecule has 1 aliphatic rings. The molecule has 24 heavy (non-hydrogen) atoms. The van der Waals surface area contributed by atoms with Crippen molar-refractivity contribution in [2.45, 2.75) is 25.8 Å². The molecule has 2 amide bonds. The summed E-state index contributed by atoms with van der Waals surface area (Å²) in [6, 6.07) is 14.3. The van der Waals surface area contributed by atoms with Gasteiger partial charge in [0, 0.05) is 12.1 Å². The Kier molecular flexibility index (Phi) is 4.51. The second-order valence-corrected chi connectivity index (χ2v) is 5.77. The highest BCUT2D eigenvalue weighted by atomic mass is 16.5. The van der Waals surface area contributed by atoms with Gasteiger partial charge in [-0.15, -0.1) is 0 Å². The van der Waals surface area contributed by atoms with Gasteiger partial charge in [0.2, 0.25) is 11.8 Å². The van der Waals surface area contributed by atoms with Crippen molar-refractivity contribution in [2.75, 3.05) is 11.5 Å². The Morgan fingerprint density at radius 3 is 2.54 bits per heavy atom. The molecule has 0 saturated heterocycles. The van der Waals surface area contributed by atoms with Gasteiger partial charge in [0.1, 0.15) is 11.8 Å². The number of para-hydroxylation sites is 1. The summed E-state index contributed by atoms with van der Waals surface area (Å²) >= 11 is 0. The topological polar surface area (TPSA) is 72.6 Å². The first-order valence-corrected chi connectivity index (χ1v) is 8.01. The largest absolute Gasteiger partial charge is 0.494 e. The lowest BCUT2D eigenvalue weighted by molar-refractivity contribution is -0.124. The third-order valence-electron chi connectivity index (χ3n) is 4.16. The van der Waals surface area contributed by atoms with E-state index in [9.17, 15) is 9.59 Å². The van der Waals surface area contributed by atoms with Gasteiger partial charge < -0.3 is 10.5 Å². The van der Waals surface area contributed by atoms with E-state index < -0.39 is 11.9 Å². The smallest absolute Gasteiger partial charge is 0.240 e. The Labute approximate surface area is 141 Å². The number of fused-ring (bicyclic) bond motifs is 1. The molecular formula is C19H20N2O3. The number of hydrogen-bond donors (Lipinski definition) is 1. The molecule has 0 fully saturated rings. The minimum absolute atomic E-state index is 0.132. The number of carbonyl (C=O) groups is 2. The maximum atomic E-state index is 12.8. The number of amides is 2. The molecule has 2 aromatic rings. The summed E-state index contributed by atoms with van der Waals surface area (Å²) < 4.78 is 5.40. The fourth-order valence-electron chi connectivity index (χ4n) is 3.05. The highest BCUT2D eigenvalue weighted by Crippen LogP contribution is 2.32. The van der Waals surface area contributed by atoms with E-state index in [0.29, 0.717) is 13.0 Å². The van der Waals surface area contributed by atoms with E-state index in [2.05, 4.69) is 0 Å². The van der Waals surface area contributed by atoms with Crippen LogP contribution >= 0.6 is 0 Å². The molecule has 2 aromatic carbocycles. The summed E-state index contributed by atoms with van der Waals surface area (Å²) in [6.07, 6.45) is 0.686. The van der Waals surface area contributed by atoms with Crippen LogP contribution in [0.5, 0.6) is 5.75 Å². The van der Waals surface area contributed by atoms with Crippen LogP contribution in [0.4, 0.5) is 5.69 Å². The molecule has 0 spiro atoms. The molecule has 1 heterocycles. The van der Waals surface area contributed by atoms with Gasteiger partial charge >= 0.3 is 0 Å². The lowest BCUT2D eigenvalue weighted by Crippen LogP contribution is -2.46. The number of primary amides is 1. The van der Waals surface area contributed by atoms with Crippen LogP contribution in [-0.4, -0.2) is 24.5 Å². The van der Waals surface area contributed by atoms with Gasteiger partial charge in [0.15, 0.2) is 0 Å². The number of rotatable bonds is 5. The first-order valence-electron chi connectivity index (χ1n) is 8.01. The van der Waals surface area contributed by atoms with Crippen molar-refractivity contribution < 1.29 is 14.3 Å². The minimum Gasteiger partial charge on any atom is -0.494 e. The summed E-state index contributed by atoms with van der Waals surface area (Å²) in [6.45, 7) is 2.52. The predicted molar refractivity (Wildman–Crippen MR) is 91.9 cm³/mol. The summed E-state index contributed by atoms with van der Waals surface area (Å²) in [5, 5.41) is 0. The Morgan fingerprint density at radius 2 is 1.88 bits per heavy atom. The van der Waals surface area contributed by atoms with Crippen molar-refractivity contribution in [1.82, 2.24) is 0 Å². The lowest BCUT2D eigenvalue weighted by atomic mass is 10.1. The molecule has 5 nitrogen and oxygen atoms in total. The van der Waals surface area contributed by atoms with E-state index >= 15 is 0 Å². The number of anilines is 1. The fraction of sp³-hybridized carbons (Fsp3) is 0.263. The van der Waals surface area contributed by atoms with E-state index in [1.807, 2.05) is 55.5 Å². The Bertz CT molecular complexity index is 755. The van der Waals surface area contributed by atoms with Crippen LogP contribution in [0.15, 0.2) is 48.5 Å². The quantitative estimate of drug-likeness (QED) is 0.915. The van der Waals surface area contributed by atoms with Crippen molar-refractivity contribution in [3.05, 3.63) is 59.7 Å².